The van der Waals surface area contributed by atoms with E-state index in [1.807, 2.05) is 32.9 Å². The van der Waals surface area contributed by atoms with Gasteiger partial charge in [0.1, 0.15) is 0 Å². The third kappa shape index (κ3) is 3.33. The number of aryl methyl sites for hydroxylation is 3. The molecule has 0 aromatic heterocycles. The summed E-state index contributed by atoms with van der Waals surface area (Å²) in [6, 6.07) is 3.83. The minimum Gasteiger partial charge on any atom is -1.00 e. The summed E-state index contributed by atoms with van der Waals surface area (Å²) < 4.78 is 19.8. The Labute approximate surface area is 114 Å². The number of rotatable bonds is 1. The smallest absolute Gasteiger partial charge is 1.00 e. The average Bonchev–Trinajstić information content (AvgIpc) is 1.82. The summed E-state index contributed by atoms with van der Waals surface area (Å²) in [5.41, 5.74) is 2.89. The van der Waals surface area contributed by atoms with Crippen LogP contribution in [-0.4, -0.2) is 46.5 Å². The molecule has 4 heteroatoms. The summed E-state index contributed by atoms with van der Waals surface area (Å²) in [5.74, 6) is 0. The zero-order chi connectivity index (χ0) is 9.30. The first-order valence-corrected chi connectivity index (χ1v) is 4.81. The number of hydrogen-bond acceptors (Lipinski definition) is 1. The molecule has 0 bridgehead atoms. The number of benzene rings is 1. The Morgan fingerprint density at radius 2 is 1.62 bits per heavy atom. The van der Waals surface area contributed by atoms with Crippen LogP contribution >= 0.6 is 0 Å². The maximum absolute atomic E-state index is 10.9. The van der Waals surface area contributed by atoms with Gasteiger partial charge in [-0.1, -0.05) is 17.7 Å². The Kier molecular flexibility index (Phi) is 5.71. The summed E-state index contributed by atoms with van der Waals surface area (Å²) in [7, 11) is 0. The first-order valence-electron chi connectivity index (χ1n) is 3.71. The van der Waals surface area contributed by atoms with E-state index in [-0.39, 0.29) is 40.6 Å². The SMILES string of the molecule is Cc1cc(C)c(S(=O)O)c(C)c1.[Ca+2].[H-].[H-]. The van der Waals surface area contributed by atoms with Gasteiger partial charge in [0.05, 0.1) is 4.90 Å². The number of hydrogen-bond donors (Lipinski definition) is 1. The Bertz CT molecular complexity index is 322. The van der Waals surface area contributed by atoms with E-state index >= 15 is 0 Å². The predicted octanol–water partition coefficient (Wildman–Crippen LogP) is 2.04. The van der Waals surface area contributed by atoms with Crippen LogP contribution in [-0.2, 0) is 11.1 Å². The summed E-state index contributed by atoms with van der Waals surface area (Å²) in [5, 5.41) is 0. The molecule has 0 spiro atoms. The van der Waals surface area contributed by atoms with Crippen molar-refractivity contribution in [1.29, 1.82) is 0 Å². The fourth-order valence-electron chi connectivity index (χ4n) is 1.44. The first-order chi connectivity index (χ1) is 5.52. The molecule has 0 saturated heterocycles. The second-order valence-electron chi connectivity index (χ2n) is 2.98. The van der Waals surface area contributed by atoms with Gasteiger partial charge in [-0.15, -0.1) is 0 Å². The van der Waals surface area contributed by atoms with Crippen molar-refractivity contribution in [3.05, 3.63) is 28.8 Å². The van der Waals surface area contributed by atoms with E-state index in [0.717, 1.165) is 16.7 Å². The summed E-state index contributed by atoms with van der Waals surface area (Å²) in [6.07, 6.45) is 0. The molecular formula is C9H14CaO2S. The molecular weight excluding hydrogens is 212 g/mol. The molecule has 1 rings (SSSR count). The molecule has 1 atom stereocenters. The van der Waals surface area contributed by atoms with Gasteiger partial charge in [-0.05, 0) is 31.9 Å². The molecule has 70 valence electrons. The van der Waals surface area contributed by atoms with E-state index in [0.29, 0.717) is 4.90 Å². The van der Waals surface area contributed by atoms with Crippen LogP contribution in [0.2, 0.25) is 0 Å². The van der Waals surface area contributed by atoms with Crippen molar-refractivity contribution in [2.24, 2.45) is 0 Å². The molecule has 2 nitrogen and oxygen atoms in total. The van der Waals surface area contributed by atoms with Crippen molar-refractivity contribution >= 4 is 48.8 Å². The van der Waals surface area contributed by atoms with E-state index in [4.69, 9.17) is 4.55 Å². The van der Waals surface area contributed by atoms with Gasteiger partial charge in [-0.25, -0.2) is 4.21 Å². The van der Waals surface area contributed by atoms with Crippen molar-refractivity contribution in [2.45, 2.75) is 25.7 Å². The Morgan fingerprint density at radius 3 is 1.92 bits per heavy atom. The van der Waals surface area contributed by atoms with Crippen LogP contribution in [0.1, 0.15) is 19.5 Å². The molecule has 0 amide bonds. The average molecular weight is 226 g/mol. The minimum absolute atomic E-state index is 0. The molecule has 13 heavy (non-hydrogen) atoms. The van der Waals surface area contributed by atoms with Crippen LogP contribution in [0.4, 0.5) is 0 Å². The van der Waals surface area contributed by atoms with Gasteiger partial charge in [0.15, 0.2) is 11.1 Å². The second kappa shape index (κ2) is 5.47. The van der Waals surface area contributed by atoms with E-state index in [9.17, 15) is 4.21 Å². The van der Waals surface area contributed by atoms with E-state index in [1.165, 1.54) is 0 Å². The van der Waals surface area contributed by atoms with Crippen molar-refractivity contribution in [3.63, 3.8) is 0 Å². The van der Waals surface area contributed by atoms with Crippen LogP contribution in [0, 0.1) is 20.8 Å². The largest absolute Gasteiger partial charge is 2.00 e. The standard InChI is InChI=1S/C9H12O2S.Ca.2H/c1-6-4-7(2)9(12(10)11)8(3)5-6;;;/h4-5H,1-3H3,(H,10,11);;;/q;+2;2*-1. The summed E-state index contributed by atoms with van der Waals surface area (Å²) in [6.45, 7) is 5.68. The molecule has 1 N–H and O–H groups in total. The second-order valence-corrected chi connectivity index (χ2v) is 3.88. The maximum Gasteiger partial charge on any atom is 2.00 e. The fraction of sp³-hybridized carbons (Fsp3) is 0.333. The van der Waals surface area contributed by atoms with E-state index in [1.54, 1.807) is 0 Å². The Balaban J connectivity index is -0.000000480. The van der Waals surface area contributed by atoms with Crippen LogP contribution < -0.4 is 0 Å². The van der Waals surface area contributed by atoms with Gasteiger partial charge in [0.2, 0.25) is 0 Å². The molecule has 0 aliphatic rings. The molecule has 0 aliphatic heterocycles. The Hall–Kier alpha value is 0.590. The normalized spacial score (nSPS) is 12.0. The van der Waals surface area contributed by atoms with Gasteiger partial charge >= 0.3 is 37.7 Å². The monoisotopic (exact) mass is 226 g/mol. The van der Waals surface area contributed by atoms with Crippen LogP contribution in [0.5, 0.6) is 0 Å². The molecule has 1 aromatic carbocycles. The van der Waals surface area contributed by atoms with Crippen molar-refractivity contribution in [1.82, 2.24) is 0 Å². The molecule has 1 unspecified atom stereocenters. The summed E-state index contributed by atoms with van der Waals surface area (Å²) >= 11 is -1.86. The molecule has 0 fully saturated rings. The van der Waals surface area contributed by atoms with E-state index < -0.39 is 11.1 Å². The van der Waals surface area contributed by atoms with Crippen molar-refractivity contribution in [3.8, 4) is 0 Å². The molecule has 0 heterocycles. The fourth-order valence-corrected chi connectivity index (χ4v) is 2.11. The zero-order valence-corrected chi connectivity index (χ0v) is 11.2. The molecule has 0 aliphatic carbocycles. The van der Waals surface area contributed by atoms with Crippen molar-refractivity contribution in [2.75, 3.05) is 0 Å². The van der Waals surface area contributed by atoms with Gasteiger partial charge in [0, 0.05) is 0 Å². The van der Waals surface area contributed by atoms with Crippen LogP contribution in [0.3, 0.4) is 0 Å². The summed E-state index contributed by atoms with van der Waals surface area (Å²) in [4.78, 5) is 0.542. The van der Waals surface area contributed by atoms with E-state index in [2.05, 4.69) is 0 Å². The zero-order valence-electron chi connectivity index (χ0n) is 10.1. The molecule has 1 aromatic rings. The van der Waals surface area contributed by atoms with Gasteiger partial charge in [0.25, 0.3) is 0 Å². The third-order valence-electron chi connectivity index (χ3n) is 1.78. The predicted molar refractivity (Wildman–Crippen MR) is 57.7 cm³/mol. The van der Waals surface area contributed by atoms with Gasteiger partial charge in [-0.2, -0.15) is 0 Å². The third-order valence-corrected chi connectivity index (χ3v) is 2.77. The van der Waals surface area contributed by atoms with Gasteiger partial charge < -0.3 is 7.41 Å². The quantitative estimate of drug-likeness (QED) is 0.588. The molecule has 0 radical (unpaired) electrons. The van der Waals surface area contributed by atoms with Gasteiger partial charge in [-0.3, -0.25) is 0 Å². The topological polar surface area (TPSA) is 37.3 Å². The minimum atomic E-state index is -1.86. The van der Waals surface area contributed by atoms with Crippen molar-refractivity contribution < 1.29 is 11.6 Å². The maximum atomic E-state index is 10.9. The Morgan fingerprint density at radius 1 is 1.23 bits per heavy atom. The van der Waals surface area contributed by atoms with Crippen LogP contribution in [0.15, 0.2) is 17.0 Å². The first kappa shape index (κ1) is 13.6. The molecule has 0 saturated carbocycles. The van der Waals surface area contributed by atoms with Crippen LogP contribution in [0.25, 0.3) is 0 Å².